The Morgan fingerprint density at radius 1 is 1.15 bits per heavy atom. The summed E-state index contributed by atoms with van der Waals surface area (Å²) >= 11 is 0. The van der Waals surface area contributed by atoms with E-state index in [1.165, 1.54) is 18.2 Å². The zero-order valence-corrected chi connectivity index (χ0v) is 15.5. The minimum Gasteiger partial charge on any atom is -0.496 e. The van der Waals surface area contributed by atoms with E-state index >= 15 is 0 Å². The van der Waals surface area contributed by atoms with Gasteiger partial charge in [0.25, 0.3) is 0 Å². The molecule has 2 aromatic carbocycles. The average Bonchev–Trinajstić information content (AvgIpc) is 2.61. The number of Topliss-reactive ketones (excluding diaryl/α,β-unsaturated/α-hetero) is 1. The topological polar surface area (TPSA) is 55.4 Å². The molecule has 0 aromatic heterocycles. The van der Waals surface area contributed by atoms with E-state index in [2.05, 4.69) is 5.32 Å². The zero-order chi connectivity index (χ0) is 19.3. The number of ether oxygens (including phenoxy) is 1. The Kier molecular flexibility index (Phi) is 6.50. The smallest absolute Gasteiger partial charge is 0.223 e. The first kappa shape index (κ1) is 19.6. The number of amides is 1. The largest absolute Gasteiger partial charge is 0.496 e. The molecule has 0 fully saturated rings. The van der Waals surface area contributed by atoms with E-state index in [0.717, 1.165) is 11.1 Å². The first-order chi connectivity index (χ1) is 12.3. The van der Waals surface area contributed by atoms with Gasteiger partial charge in [0, 0.05) is 17.9 Å². The second kappa shape index (κ2) is 8.61. The van der Waals surface area contributed by atoms with Crippen LogP contribution in [0.15, 0.2) is 42.5 Å². The van der Waals surface area contributed by atoms with Crippen LogP contribution in [-0.2, 0) is 4.79 Å². The van der Waals surface area contributed by atoms with Gasteiger partial charge in [0.1, 0.15) is 11.6 Å². The van der Waals surface area contributed by atoms with Crippen molar-refractivity contribution in [3.63, 3.8) is 0 Å². The molecule has 0 spiro atoms. The lowest BCUT2D eigenvalue weighted by Gasteiger charge is -2.20. The highest BCUT2D eigenvalue weighted by molar-refractivity contribution is 5.98. The second-order valence-electron chi connectivity index (χ2n) is 6.48. The third-order valence-electron chi connectivity index (χ3n) is 4.32. The van der Waals surface area contributed by atoms with Crippen LogP contribution in [0.1, 0.15) is 47.8 Å². The van der Waals surface area contributed by atoms with Gasteiger partial charge in [-0.15, -0.1) is 0 Å². The summed E-state index contributed by atoms with van der Waals surface area (Å²) < 4.78 is 19.1. The van der Waals surface area contributed by atoms with Crippen molar-refractivity contribution in [3.05, 3.63) is 65.0 Å². The average molecular weight is 357 g/mol. The molecule has 0 saturated heterocycles. The van der Waals surface area contributed by atoms with Gasteiger partial charge in [-0.25, -0.2) is 4.39 Å². The standard InChI is InChI=1S/C21H24FNO3/c1-13-9-10-20(26-4)17(11-13)15(3)23-21(25)14(2)12-19(24)16-7-5-6-8-18(16)22/h5-11,14-15H,12H2,1-4H3,(H,23,25)/t14-,15+/m0/s1. The van der Waals surface area contributed by atoms with E-state index in [1.807, 2.05) is 32.0 Å². The summed E-state index contributed by atoms with van der Waals surface area (Å²) in [7, 11) is 1.58. The van der Waals surface area contributed by atoms with Gasteiger partial charge < -0.3 is 10.1 Å². The predicted molar refractivity (Wildman–Crippen MR) is 98.8 cm³/mol. The fraction of sp³-hybridized carbons (Fsp3) is 0.333. The summed E-state index contributed by atoms with van der Waals surface area (Å²) in [4.78, 5) is 24.7. The zero-order valence-electron chi connectivity index (χ0n) is 15.5. The van der Waals surface area contributed by atoms with Crippen molar-refractivity contribution in [1.29, 1.82) is 0 Å². The van der Waals surface area contributed by atoms with Gasteiger partial charge in [-0.3, -0.25) is 9.59 Å². The van der Waals surface area contributed by atoms with Gasteiger partial charge in [0.15, 0.2) is 5.78 Å². The van der Waals surface area contributed by atoms with Crippen LogP contribution < -0.4 is 10.1 Å². The fourth-order valence-corrected chi connectivity index (χ4v) is 2.79. The van der Waals surface area contributed by atoms with E-state index in [4.69, 9.17) is 4.74 Å². The molecule has 0 heterocycles. The van der Waals surface area contributed by atoms with E-state index in [9.17, 15) is 14.0 Å². The Bertz CT molecular complexity index is 804. The molecule has 5 heteroatoms. The molecule has 0 bridgehead atoms. The van der Waals surface area contributed by atoms with Crippen molar-refractivity contribution < 1.29 is 18.7 Å². The molecule has 1 N–H and O–H groups in total. The Hall–Kier alpha value is -2.69. The Balaban J connectivity index is 2.04. The van der Waals surface area contributed by atoms with E-state index in [1.54, 1.807) is 20.1 Å². The molecule has 0 aliphatic carbocycles. The maximum atomic E-state index is 13.7. The first-order valence-electron chi connectivity index (χ1n) is 8.56. The molecule has 0 radical (unpaired) electrons. The Morgan fingerprint density at radius 2 is 1.85 bits per heavy atom. The molecular formula is C21H24FNO3. The highest BCUT2D eigenvalue weighted by atomic mass is 19.1. The summed E-state index contributed by atoms with van der Waals surface area (Å²) in [6.07, 6.45) is -0.0512. The number of carbonyl (C=O) groups excluding carboxylic acids is 2. The van der Waals surface area contributed by atoms with Crippen molar-refractivity contribution in [2.24, 2.45) is 5.92 Å². The predicted octanol–water partition coefficient (Wildman–Crippen LogP) is 4.23. The number of hydrogen-bond donors (Lipinski definition) is 1. The molecule has 2 aromatic rings. The lowest BCUT2D eigenvalue weighted by atomic mass is 9.97. The number of ketones is 1. The minimum atomic E-state index is -0.569. The molecule has 0 saturated carbocycles. The molecular weight excluding hydrogens is 333 g/mol. The van der Waals surface area contributed by atoms with Crippen molar-refractivity contribution in [1.82, 2.24) is 5.32 Å². The third-order valence-corrected chi connectivity index (χ3v) is 4.32. The van der Waals surface area contributed by atoms with Crippen molar-refractivity contribution in [3.8, 4) is 5.75 Å². The SMILES string of the molecule is COc1ccc(C)cc1[C@@H](C)NC(=O)[C@@H](C)CC(=O)c1ccccc1F. The van der Waals surface area contributed by atoms with Crippen LogP contribution in [0, 0.1) is 18.7 Å². The Morgan fingerprint density at radius 3 is 2.50 bits per heavy atom. The lowest BCUT2D eigenvalue weighted by Crippen LogP contribution is -2.33. The second-order valence-corrected chi connectivity index (χ2v) is 6.48. The van der Waals surface area contributed by atoms with E-state index in [0.29, 0.717) is 5.75 Å². The number of carbonyl (C=O) groups is 2. The maximum absolute atomic E-state index is 13.7. The molecule has 2 atom stereocenters. The van der Waals surface area contributed by atoms with Gasteiger partial charge in [0.05, 0.1) is 18.7 Å². The maximum Gasteiger partial charge on any atom is 0.223 e. The highest BCUT2D eigenvalue weighted by Gasteiger charge is 2.22. The molecule has 0 unspecified atom stereocenters. The quantitative estimate of drug-likeness (QED) is 0.755. The first-order valence-corrected chi connectivity index (χ1v) is 8.56. The lowest BCUT2D eigenvalue weighted by molar-refractivity contribution is -0.125. The summed E-state index contributed by atoms with van der Waals surface area (Å²) in [5.41, 5.74) is 1.94. The van der Waals surface area contributed by atoms with Crippen molar-refractivity contribution >= 4 is 11.7 Å². The molecule has 138 valence electrons. The van der Waals surface area contributed by atoms with Crippen LogP contribution >= 0.6 is 0 Å². The van der Waals surface area contributed by atoms with Crippen LogP contribution in [0.3, 0.4) is 0 Å². The van der Waals surface area contributed by atoms with Crippen LogP contribution in [-0.4, -0.2) is 18.8 Å². The van der Waals surface area contributed by atoms with Crippen molar-refractivity contribution in [2.45, 2.75) is 33.2 Å². The molecule has 4 nitrogen and oxygen atoms in total. The van der Waals surface area contributed by atoms with Crippen molar-refractivity contribution in [2.75, 3.05) is 7.11 Å². The number of aryl methyl sites for hydroxylation is 1. The number of nitrogens with one attached hydrogen (secondary N) is 1. The summed E-state index contributed by atoms with van der Waals surface area (Å²) in [6.45, 7) is 5.49. The minimum absolute atomic E-state index is 0.0144. The highest BCUT2D eigenvalue weighted by Crippen LogP contribution is 2.26. The molecule has 26 heavy (non-hydrogen) atoms. The summed E-state index contributed by atoms with van der Waals surface area (Å²) in [5, 5.41) is 2.90. The fourth-order valence-electron chi connectivity index (χ4n) is 2.79. The summed E-state index contributed by atoms with van der Waals surface area (Å²) in [6, 6.07) is 11.3. The molecule has 1 amide bonds. The van der Waals surface area contributed by atoms with Crippen LogP contribution in [0.4, 0.5) is 4.39 Å². The number of rotatable bonds is 7. The number of hydrogen-bond acceptors (Lipinski definition) is 3. The monoisotopic (exact) mass is 357 g/mol. The van der Waals surface area contributed by atoms with Gasteiger partial charge in [-0.05, 0) is 32.0 Å². The third kappa shape index (κ3) is 4.69. The van der Waals surface area contributed by atoms with Gasteiger partial charge >= 0.3 is 0 Å². The summed E-state index contributed by atoms with van der Waals surface area (Å²) in [5.74, 6) is -1.08. The van der Waals surface area contributed by atoms with E-state index in [-0.39, 0.29) is 29.7 Å². The number of benzene rings is 2. The molecule has 2 rings (SSSR count). The Labute approximate surface area is 153 Å². The van der Waals surface area contributed by atoms with Gasteiger partial charge in [0.2, 0.25) is 5.91 Å². The van der Waals surface area contributed by atoms with Crippen LogP contribution in [0.25, 0.3) is 0 Å². The number of methoxy groups -OCH3 is 1. The normalized spacial score (nSPS) is 13.0. The van der Waals surface area contributed by atoms with Crippen LogP contribution in [0.2, 0.25) is 0 Å². The van der Waals surface area contributed by atoms with Gasteiger partial charge in [-0.2, -0.15) is 0 Å². The van der Waals surface area contributed by atoms with Crippen LogP contribution in [0.5, 0.6) is 5.75 Å². The molecule has 0 aliphatic rings. The van der Waals surface area contributed by atoms with E-state index < -0.39 is 11.7 Å². The number of halogens is 1. The van der Waals surface area contributed by atoms with Gasteiger partial charge in [-0.1, -0.05) is 36.8 Å². The molecule has 0 aliphatic heterocycles.